The standard InChI is InChI=1S/C8H15NO/c1-6(2)8-7(5-9)3-4-10-8/h7-8H,1,3-5,9H2,2H3/t7-,8-/m1/s1. The lowest BCUT2D eigenvalue weighted by Crippen LogP contribution is -2.24. The van der Waals surface area contributed by atoms with E-state index in [1.807, 2.05) is 6.92 Å². The number of rotatable bonds is 2. The number of hydrogen-bond donors (Lipinski definition) is 1. The van der Waals surface area contributed by atoms with E-state index in [0.717, 1.165) is 25.1 Å². The Kier molecular flexibility index (Phi) is 2.46. The first-order valence-electron chi connectivity index (χ1n) is 3.72. The molecule has 0 bridgehead atoms. The molecule has 2 atom stereocenters. The maximum absolute atomic E-state index is 5.54. The largest absolute Gasteiger partial charge is 0.374 e. The van der Waals surface area contributed by atoms with Crippen molar-refractivity contribution in [2.24, 2.45) is 11.7 Å². The molecule has 0 saturated carbocycles. The molecule has 0 aromatic rings. The fourth-order valence-corrected chi connectivity index (χ4v) is 1.42. The molecule has 0 aromatic carbocycles. The van der Waals surface area contributed by atoms with Gasteiger partial charge in [-0.3, -0.25) is 0 Å². The van der Waals surface area contributed by atoms with E-state index >= 15 is 0 Å². The lowest BCUT2D eigenvalue weighted by atomic mass is 9.97. The van der Waals surface area contributed by atoms with Gasteiger partial charge in [0.2, 0.25) is 0 Å². The van der Waals surface area contributed by atoms with E-state index in [9.17, 15) is 0 Å². The van der Waals surface area contributed by atoms with Crippen molar-refractivity contribution in [3.05, 3.63) is 12.2 Å². The summed E-state index contributed by atoms with van der Waals surface area (Å²) in [6, 6.07) is 0. The van der Waals surface area contributed by atoms with Gasteiger partial charge in [0, 0.05) is 12.5 Å². The normalized spacial score (nSPS) is 32.6. The zero-order chi connectivity index (χ0) is 7.56. The van der Waals surface area contributed by atoms with Crippen LogP contribution in [0.5, 0.6) is 0 Å². The summed E-state index contributed by atoms with van der Waals surface area (Å²) in [6.07, 6.45) is 1.32. The highest BCUT2D eigenvalue weighted by atomic mass is 16.5. The molecule has 2 heteroatoms. The minimum Gasteiger partial charge on any atom is -0.374 e. The van der Waals surface area contributed by atoms with Crippen LogP contribution in [-0.2, 0) is 4.74 Å². The number of nitrogens with two attached hydrogens (primary N) is 1. The van der Waals surface area contributed by atoms with E-state index in [1.54, 1.807) is 0 Å². The zero-order valence-electron chi connectivity index (χ0n) is 6.47. The van der Waals surface area contributed by atoms with E-state index in [1.165, 1.54) is 0 Å². The average molecular weight is 141 g/mol. The van der Waals surface area contributed by atoms with Crippen LogP contribution in [0.3, 0.4) is 0 Å². The molecule has 1 rings (SSSR count). The molecule has 0 aliphatic carbocycles. The Bertz CT molecular complexity index is 133. The van der Waals surface area contributed by atoms with Gasteiger partial charge in [-0.15, -0.1) is 0 Å². The van der Waals surface area contributed by atoms with Crippen molar-refractivity contribution in [3.8, 4) is 0 Å². The molecule has 1 saturated heterocycles. The van der Waals surface area contributed by atoms with Gasteiger partial charge in [-0.1, -0.05) is 12.2 Å². The summed E-state index contributed by atoms with van der Waals surface area (Å²) in [7, 11) is 0. The third-order valence-corrected chi connectivity index (χ3v) is 2.00. The van der Waals surface area contributed by atoms with Crippen LogP contribution in [0.4, 0.5) is 0 Å². The Morgan fingerprint density at radius 2 is 2.50 bits per heavy atom. The molecule has 0 radical (unpaired) electrons. The second-order valence-corrected chi connectivity index (χ2v) is 2.92. The zero-order valence-corrected chi connectivity index (χ0v) is 6.47. The van der Waals surface area contributed by atoms with E-state index in [4.69, 9.17) is 10.5 Å². The van der Waals surface area contributed by atoms with Crippen LogP contribution in [0.25, 0.3) is 0 Å². The molecule has 10 heavy (non-hydrogen) atoms. The Morgan fingerprint density at radius 1 is 1.80 bits per heavy atom. The molecule has 1 heterocycles. The van der Waals surface area contributed by atoms with Gasteiger partial charge in [0.05, 0.1) is 6.10 Å². The first kappa shape index (κ1) is 7.76. The highest BCUT2D eigenvalue weighted by Gasteiger charge is 2.26. The van der Waals surface area contributed by atoms with Crippen molar-refractivity contribution >= 4 is 0 Å². The van der Waals surface area contributed by atoms with Crippen LogP contribution in [0.1, 0.15) is 13.3 Å². The van der Waals surface area contributed by atoms with Crippen molar-refractivity contribution in [1.29, 1.82) is 0 Å². The summed E-state index contributed by atoms with van der Waals surface area (Å²) in [5.74, 6) is 0.512. The first-order valence-corrected chi connectivity index (χ1v) is 3.72. The molecular weight excluding hydrogens is 126 g/mol. The van der Waals surface area contributed by atoms with Gasteiger partial charge >= 0.3 is 0 Å². The van der Waals surface area contributed by atoms with Gasteiger partial charge in [0.25, 0.3) is 0 Å². The molecule has 1 aliphatic rings. The summed E-state index contributed by atoms with van der Waals surface area (Å²) in [6.45, 7) is 7.42. The van der Waals surface area contributed by atoms with Crippen molar-refractivity contribution in [2.45, 2.75) is 19.4 Å². The SMILES string of the molecule is C=C(C)[C@H]1OCC[C@@H]1CN. The summed E-state index contributed by atoms with van der Waals surface area (Å²) < 4.78 is 5.44. The molecule has 0 amide bonds. The summed E-state index contributed by atoms with van der Waals surface area (Å²) >= 11 is 0. The molecule has 2 nitrogen and oxygen atoms in total. The Hall–Kier alpha value is -0.340. The molecule has 0 unspecified atom stereocenters. The van der Waals surface area contributed by atoms with Crippen LogP contribution in [0.15, 0.2) is 12.2 Å². The third kappa shape index (κ3) is 1.39. The molecular formula is C8H15NO. The molecule has 1 fully saturated rings. The molecule has 58 valence electrons. The summed E-state index contributed by atoms with van der Waals surface area (Å²) in [5.41, 5.74) is 6.65. The minimum absolute atomic E-state index is 0.227. The maximum Gasteiger partial charge on any atom is 0.0820 e. The second kappa shape index (κ2) is 3.17. The molecule has 0 spiro atoms. The molecule has 1 aliphatic heterocycles. The van der Waals surface area contributed by atoms with Crippen LogP contribution in [0.2, 0.25) is 0 Å². The summed E-state index contributed by atoms with van der Waals surface area (Å²) in [5, 5.41) is 0. The van der Waals surface area contributed by atoms with Gasteiger partial charge in [-0.05, 0) is 19.9 Å². The predicted molar refractivity (Wildman–Crippen MR) is 41.7 cm³/mol. The topological polar surface area (TPSA) is 35.2 Å². The number of hydrogen-bond acceptors (Lipinski definition) is 2. The second-order valence-electron chi connectivity index (χ2n) is 2.92. The Morgan fingerprint density at radius 3 is 2.90 bits per heavy atom. The monoisotopic (exact) mass is 141 g/mol. The summed E-state index contributed by atoms with van der Waals surface area (Å²) in [4.78, 5) is 0. The Labute approximate surface area is 62.1 Å². The van der Waals surface area contributed by atoms with E-state index in [-0.39, 0.29) is 6.10 Å². The van der Waals surface area contributed by atoms with E-state index in [2.05, 4.69) is 6.58 Å². The Balaban J connectivity index is 2.50. The van der Waals surface area contributed by atoms with Gasteiger partial charge in [0.15, 0.2) is 0 Å². The average Bonchev–Trinajstić information content (AvgIpc) is 2.33. The lowest BCUT2D eigenvalue weighted by molar-refractivity contribution is 0.120. The van der Waals surface area contributed by atoms with Gasteiger partial charge in [-0.25, -0.2) is 0 Å². The van der Waals surface area contributed by atoms with Crippen molar-refractivity contribution in [2.75, 3.05) is 13.2 Å². The fourth-order valence-electron chi connectivity index (χ4n) is 1.42. The van der Waals surface area contributed by atoms with Crippen LogP contribution in [-0.4, -0.2) is 19.3 Å². The first-order chi connectivity index (χ1) is 4.75. The van der Waals surface area contributed by atoms with Crippen molar-refractivity contribution < 1.29 is 4.74 Å². The van der Waals surface area contributed by atoms with Crippen LogP contribution < -0.4 is 5.73 Å². The highest BCUT2D eigenvalue weighted by molar-refractivity contribution is 5.03. The third-order valence-electron chi connectivity index (χ3n) is 2.00. The maximum atomic E-state index is 5.54. The van der Waals surface area contributed by atoms with Gasteiger partial charge in [-0.2, -0.15) is 0 Å². The van der Waals surface area contributed by atoms with E-state index in [0.29, 0.717) is 5.92 Å². The van der Waals surface area contributed by atoms with Crippen molar-refractivity contribution in [1.82, 2.24) is 0 Å². The van der Waals surface area contributed by atoms with Gasteiger partial charge in [0.1, 0.15) is 0 Å². The lowest BCUT2D eigenvalue weighted by Gasteiger charge is -2.15. The quantitative estimate of drug-likeness (QED) is 0.580. The van der Waals surface area contributed by atoms with E-state index < -0.39 is 0 Å². The fraction of sp³-hybridized carbons (Fsp3) is 0.750. The smallest absolute Gasteiger partial charge is 0.0820 e. The van der Waals surface area contributed by atoms with Crippen LogP contribution >= 0.6 is 0 Å². The highest BCUT2D eigenvalue weighted by Crippen LogP contribution is 2.24. The predicted octanol–water partition coefficient (Wildman–Crippen LogP) is 0.926. The van der Waals surface area contributed by atoms with Gasteiger partial charge < -0.3 is 10.5 Å². The molecule has 2 N–H and O–H groups in total. The minimum atomic E-state index is 0.227. The molecule has 0 aromatic heterocycles. The van der Waals surface area contributed by atoms with Crippen LogP contribution in [0, 0.1) is 5.92 Å². The number of ether oxygens (including phenoxy) is 1. The van der Waals surface area contributed by atoms with Crippen molar-refractivity contribution in [3.63, 3.8) is 0 Å².